The van der Waals surface area contributed by atoms with E-state index in [1.807, 2.05) is 18.2 Å². The third-order valence-corrected chi connectivity index (χ3v) is 1.39. The molecule has 0 fully saturated rings. The number of methoxy groups -OCH3 is 1. The molecule has 0 aromatic heterocycles. The van der Waals surface area contributed by atoms with Crippen LogP contribution in [0.5, 0.6) is 11.5 Å². The van der Waals surface area contributed by atoms with Crippen LogP contribution in [0.3, 0.4) is 0 Å². The molecular formula is C8H9ClO2. The highest BCUT2D eigenvalue weighted by molar-refractivity contribution is 6.17. The summed E-state index contributed by atoms with van der Waals surface area (Å²) in [5.74, 6) is 1.37. The number of benzene rings is 1. The molecule has 1 rings (SSSR count). The van der Waals surface area contributed by atoms with E-state index in [4.69, 9.17) is 21.1 Å². The second-order valence-corrected chi connectivity index (χ2v) is 2.12. The first kappa shape index (κ1) is 8.21. The minimum Gasteiger partial charge on any atom is -0.493 e. The van der Waals surface area contributed by atoms with Gasteiger partial charge < -0.3 is 9.47 Å². The molecule has 0 unspecified atom stereocenters. The van der Waals surface area contributed by atoms with E-state index in [-0.39, 0.29) is 6.07 Å². The lowest BCUT2D eigenvalue weighted by molar-refractivity contribution is 0.341. The van der Waals surface area contributed by atoms with Gasteiger partial charge in [0.05, 0.1) is 7.11 Å². The van der Waals surface area contributed by atoms with Crippen LogP contribution in [0.15, 0.2) is 24.3 Å². The van der Waals surface area contributed by atoms with Gasteiger partial charge in [-0.3, -0.25) is 0 Å². The van der Waals surface area contributed by atoms with Crippen LogP contribution in [0.2, 0.25) is 0 Å². The molecule has 2 nitrogen and oxygen atoms in total. The first-order valence-corrected chi connectivity index (χ1v) is 3.73. The van der Waals surface area contributed by atoms with Crippen molar-refractivity contribution >= 4 is 11.6 Å². The molecule has 0 bridgehead atoms. The molecule has 0 aliphatic rings. The van der Waals surface area contributed by atoms with E-state index in [1.165, 1.54) is 0 Å². The molecule has 0 spiro atoms. The topological polar surface area (TPSA) is 18.5 Å². The zero-order valence-corrected chi connectivity index (χ0v) is 6.97. The summed E-state index contributed by atoms with van der Waals surface area (Å²) in [5.41, 5.74) is 0. The lowest BCUT2D eigenvalue weighted by atomic mass is 10.3. The van der Waals surface area contributed by atoms with Crippen LogP contribution in [0.4, 0.5) is 0 Å². The maximum atomic E-state index is 5.39. The Balaban J connectivity index is 2.83. The summed E-state index contributed by atoms with van der Waals surface area (Å²) in [4.78, 5) is 0. The van der Waals surface area contributed by atoms with Crippen LogP contribution >= 0.6 is 11.6 Å². The Bertz CT molecular complexity index is 225. The van der Waals surface area contributed by atoms with Crippen molar-refractivity contribution in [2.75, 3.05) is 13.2 Å². The molecule has 1 aromatic carbocycles. The van der Waals surface area contributed by atoms with Gasteiger partial charge in [0.25, 0.3) is 0 Å². The van der Waals surface area contributed by atoms with E-state index in [2.05, 4.69) is 0 Å². The molecular weight excluding hydrogens is 164 g/mol. The van der Waals surface area contributed by atoms with Crippen LogP contribution in [-0.2, 0) is 0 Å². The van der Waals surface area contributed by atoms with Crippen molar-refractivity contribution in [3.8, 4) is 11.5 Å². The number of alkyl halides is 1. The molecule has 0 heterocycles. The van der Waals surface area contributed by atoms with Gasteiger partial charge in [-0.05, 0) is 12.1 Å². The highest BCUT2D eigenvalue weighted by atomic mass is 35.5. The molecule has 0 saturated carbocycles. The van der Waals surface area contributed by atoms with E-state index < -0.39 is 0 Å². The van der Waals surface area contributed by atoms with Crippen molar-refractivity contribution in [1.82, 2.24) is 0 Å². The third kappa shape index (κ3) is 2.02. The molecule has 11 heavy (non-hydrogen) atoms. The largest absolute Gasteiger partial charge is 0.493 e. The Morgan fingerprint density at radius 2 is 1.91 bits per heavy atom. The zero-order chi connectivity index (χ0) is 8.10. The monoisotopic (exact) mass is 172 g/mol. The number of ether oxygens (including phenoxy) is 2. The second kappa shape index (κ2) is 4.09. The Labute approximate surface area is 70.7 Å². The van der Waals surface area contributed by atoms with Crippen molar-refractivity contribution in [1.29, 1.82) is 0 Å². The Hall–Kier alpha value is -0.890. The summed E-state index contributed by atoms with van der Waals surface area (Å²) in [6.45, 7) is 0. The van der Waals surface area contributed by atoms with Gasteiger partial charge in [0.2, 0.25) is 0 Å². The van der Waals surface area contributed by atoms with E-state index in [1.54, 1.807) is 13.2 Å². The highest BCUT2D eigenvalue weighted by Gasteiger charge is 1.99. The summed E-state index contributed by atoms with van der Waals surface area (Å²) in [5, 5.41) is 0. The number of rotatable bonds is 3. The number of hydrogen-bond donors (Lipinski definition) is 0. The average molecular weight is 173 g/mol. The van der Waals surface area contributed by atoms with Crippen molar-refractivity contribution in [2.45, 2.75) is 0 Å². The minimum atomic E-state index is 0.139. The van der Waals surface area contributed by atoms with Crippen molar-refractivity contribution in [3.63, 3.8) is 0 Å². The predicted octanol–water partition coefficient (Wildman–Crippen LogP) is 2.27. The minimum absolute atomic E-state index is 0.139. The fourth-order valence-corrected chi connectivity index (χ4v) is 0.914. The van der Waals surface area contributed by atoms with Crippen molar-refractivity contribution in [3.05, 3.63) is 24.3 Å². The standard InChI is InChI=1S/C8H9ClO2/c1-10-7-4-2-3-5-8(7)11-6-9/h2-5H,6H2,1H3. The van der Waals surface area contributed by atoms with Gasteiger partial charge in [0.15, 0.2) is 17.6 Å². The van der Waals surface area contributed by atoms with Crippen LogP contribution < -0.4 is 9.47 Å². The molecule has 60 valence electrons. The quantitative estimate of drug-likeness (QED) is 0.652. The summed E-state index contributed by atoms with van der Waals surface area (Å²) in [7, 11) is 1.59. The van der Waals surface area contributed by atoms with Gasteiger partial charge in [-0.25, -0.2) is 0 Å². The molecule has 0 aliphatic carbocycles. The molecule has 0 saturated heterocycles. The summed E-state index contributed by atoms with van der Waals surface area (Å²) in [6, 6.07) is 7.51. The Kier molecular flexibility index (Phi) is 3.05. The van der Waals surface area contributed by atoms with E-state index in [0.717, 1.165) is 0 Å². The molecule has 0 amide bonds. The molecule has 0 atom stereocenters. The first-order valence-electron chi connectivity index (χ1n) is 3.20. The average Bonchev–Trinajstić information content (AvgIpc) is 2.06. The number of para-hydroxylation sites is 2. The van der Waals surface area contributed by atoms with Gasteiger partial charge >= 0.3 is 0 Å². The smallest absolute Gasteiger partial charge is 0.163 e. The third-order valence-electron chi connectivity index (χ3n) is 1.28. The highest BCUT2D eigenvalue weighted by Crippen LogP contribution is 2.25. The Morgan fingerprint density at radius 1 is 1.27 bits per heavy atom. The zero-order valence-electron chi connectivity index (χ0n) is 6.21. The normalized spacial score (nSPS) is 9.27. The maximum absolute atomic E-state index is 5.39. The van der Waals surface area contributed by atoms with E-state index >= 15 is 0 Å². The van der Waals surface area contributed by atoms with E-state index in [9.17, 15) is 0 Å². The van der Waals surface area contributed by atoms with Gasteiger partial charge in [-0.2, -0.15) is 0 Å². The lowest BCUT2D eigenvalue weighted by Crippen LogP contribution is -1.92. The molecule has 3 heteroatoms. The first-order chi connectivity index (χ1) is 5.38. The van der Waals surface area contributed by atoms with Crippen LogP contribution in [-0.4, -0.2) is 13.2 Å². The number of hydrogen-bond acceptors (Lipinski definition) is 2. The molecule has 0 radical (unpaired) electrons. The van der Waals surface area contributed by atoms with Gasteiger partial charge in [0.1, 0.15) is 0 Å². The Morgan fingerprint density at radius 3 is 2.45 bits per heavy atom. The summed E-state index contributed by atoms with van der Waals surface area (Å²) in [6.07, 6.45) is 0. The van der Waals surface area contributed by atoms with Crippen LogP contribution in [0.1, 0.15) is 0 Å². The fourth-order valence-electron chi connectivity index (χ4n) is 0.797. The van der Waals surface area contributed by atoms with Gasteiger partial charge in [-0.1, -0.05) is 23.7 Å². The van der Waals surface area contributed by atoms with Crippen LogP contribution in [0, 0.1) is 0 Å². The lowest BCUT2D eigenvalue weighted by Gasteiger charge is -2.06. The number of halogens is 1. The second-order valence-electron chi connectivity index (χ2n) is 1.90. The molecule has 0 N–H and O–H groups in total. The summed E-state index contributed by atoms with van der Waals surface area (Å²) >= 11 is 5.39. The molecule has 0 aliphatic heterocycles. The SMILES string of the molecule is COc1ccccc1OCCl. The van der Waals surface area contributed by atoms with Crippen molar-refractivity contribution in [2.24, 2.45) is 0 Å². The van der Waals surface area contributed by atoms with Gasteiger partial charge in [-0.15, -0.1) is 0 Å². The summed E-state index contributed by atoms with van der Waals surface area (Å²) < 4.78 is 10.1. The molecule has 1 aromatic rings. The van der Waals surface area contributed by atoms with Crippen LogP contribution in [0.25, 0.3) is 0 Å². The van der Waals surface area contributed by atoms with Gasteiger partial charge in [0, 0.05) is 0 Å². The fraction of sp³-hybridized carbons (Fsp3) is 0.250. The van der Waals surface area contributed by atoms with E-state index in [0.29, 0.717) is 11.5 Å². The predicted molar refractivity (Wildman–Crippen MR) is 44.3 cm³/mol. The van der Waals surface area contributed by atoms with Crippen molar-refractivity contribution < 1.29 is 9.47 Å². The maximum Gasteiger partial charge on any atom is 0.163 e.